The normalized spacial score (nSPS) is 42.9. The molecule has 0 aromatic heterocycles. The van der Waals surface area contributed by atoms with Crippen LogP contribution < -0.4 is 5.32 Å². The second kappa shape index (κ2) is 5.25. The Morgan fingerprint density at radius 2 is 2.12 bits per heavy atom. The molecule has 4 unspecified atom stereocenters. The molecular formula is C14H26N2O. The summed E-state index contributed by atoms with van der Waals surface area (Å²) >= 11 is 0. The summed E-state index contributed by atoms with van der Waals surface area (Å²) in [6, 6.07) is 1.58. The van der Waals surface area contributed by atoms with E-state index in [1.165, 1.54) is 51.6 Å². The number of nitrogens with one attached hydrogen (secondary N) is 1. The van der Waals surface area contributed by atoms with Crippen LogP contribution in [0, 0.1) is 5.92 Å². The number of piperidine rings is 1. The Labute approximate surface area is 105 Å². The Balaban J connectivity index is 1.54. The molecule has 3 aliphatic rings. The van der Waals surface area contributed by atoms with Gasteiger partial charge in [-0.15, -0.1) is 0 Å². The van der Waals surface area contributed by atoms with E-state index in [-0.39, 0.29) is 0 Å². The van der Waals surface area contributed by atoms with E-state index in [0.717, 1.165) is 18.5 Å². The molecule has 98 valence electrons. The summed E-state index contributed by atoms with van der Waals surface area (Å²) in [5.74, 6) is 1.02. The molecule has 1 aliphatic carbocycles. The van der Waals surface area contributed by atoms with Gasteiger partial charge in [0.2, 0.25) is 0 Å². The highest BCUT2D eigenvalue weighted by atomic mass is 16.5. The second-order valence-corrected chi connectivity index (χ2v) is 6.09. The van der Waals surface area contributed by atoms with Gasteiger partial charge >= 0.3 is 0 Å². The van der Waals surface area contributed by atoms with Crippen molar-refractivity contribution >= 4 is 0 Å². The molecule has 0 radical (unpaired) electrons. The number of hydrogen-bond donors (Lipinski definition) is 1. The molecule has 1 N–H and O–H groups in total. The van der Waals surface area contributed by atoms with Crippen LogP contribution in [0.5, 0.6) is 0 Å². The number of nitrogens with zero attached hydrogens (tertiary/aromatic N) is 1. The third-order valence-corrected chi connectivity index (χ3v) is 5.08. The fourth-order valence-corrected chi connectivity index (χ4v) is 4.17. The van der Waals surface area contributed by atoms with Crippen molar-refractivity contribution in [3.8, 4) is 0 Å². The van der Waals surface area contributed by atoms with Crippen molar-refractivity contribution in [1.82, 2.24) is 10.2 Å². The van der Waals surface area contributed by atoms with Crippen molar-refractivity contribution in [2.45, 2.75) is 56.7 Å². The van der Waals surface area contributed by atoms with Gasteiger partial charge in [-0.1, -0.05) is 6.42 Å². The van der Waals surface area contributed by atoms with Crippen LogP contribution in [0.4, 0.5) is 0 Å². The van der Waals surface area contributed by atoms with Crippen molar-refractivity contribution in [3.05, 3.63) is 0 Å². The van der Waals surface area contributed by atoms with Crippen molar-refractivity contribution in [2.24, 2.45) is 5.92 Å². The maximum atomic E-state index is 5.44. The van der Waals surface area contributed by atoms with Gasteiger partial charge in [0.15, 0.2) is 0 Å². The summed E-state index contributed by atoms with van der Waals surface area (Å²) in [6.45, 7) is 3.63. The number of methoxy groups -OCH3 is 1. The number of ether oxygens (including phenoxy) is 1. The van der Waals surface area contributed by atoms with Gasteiger partial charge in [0.05, 0.1) is 6.10 Å². The van der Waals surface area contributed by atoms with Crippen molar-refractivity contribution in [1.29, 1.82) is 0 Å². The second-order valence-electron chi connectivity index (χ2n) is 6.09. The van der Waals surface area contributed by atoms with E-state index in [9.17, 15) is 0 Å². The predicted molar refractivity (Wildman–Crippen MR) is 69.1 cm³/mol. The van der Waals surface area contributed by atoms with Gasteiger partial charge in [-0.05, 0) is 44.6 Å². The SMILES string of the molecule is COC1CNC(CN2CCCC3CCCC32)C1. The molecule has 0 spiro atoms. The molecule has 0 aromatic rings. The van der Waals surface area contributed by atoms with E-state index in [4.69, 9.17) is 4.74 Å². The first-order chi connectivity index (χ1) is 8.36. The van der Waals surface area contributed by atoms with Gasteiger partial charge in [-0.2, -0.15) is 0 Å². The lowest BCUT2D eigenvalue weighted by Crippen LogP contribution is -2.47. The first-order valence-electron chi connectivity index (χ1n) is 7.37. The number of likely N-dealkylation sites (tertiary alicyclic amines) is 1. The standard InChI is InChI=1S/C14H26N2O/c1-17-13-8-12(15-9-13)10-16-7-3-5-11-4-2-6-14(11)16/h11-15H,2-10H2,1H3. The zero-order valence-electron chi connectivity index (χ0n) is 11.0. The minimum Gasteiger partial charge on any atom is -0.380 e. The summed E-state index contributed by atoms with van der Waals surface area (Å²) in [7, 11) is 1.84. The molecule has 3 fully saturated rings. The number of hydrogen-bond acceptors (Lipinski definition) is 3. The minimum absolute atomic E-state index is 0.448. The average Bonchev–Trinajstić information content (AvgIpc) is 2.97. The highest BCUT2D eigenvalue weighted by Gasteiger charge is 2.36. The van der Waals surface area contributed by atoms with E-state index in [0.29, 0.717) is 12.1 Å². The highest BCUT2D eigenvalue weighted by molar-refractivity contribution is 4.92. The van der Waals surface area contributed by atoms with Crippen LogP contribution in [0.15, 0.2) is 0 Å². The first-order valence-corrected chi connectivity index (χ1v) is 7.37. The van der Waals surface area contributed by atoms with Crippen LogP contribution in [0.1, 0.15) is 38.5 Å². The van der Waals surface area contributed by atoms with Crippen LogP contribution in [-0.2, 0) is 4.74 Å². The van der Waals surface area contributed by atoms with Gasteiger partial charge in [0.25, 0.3) is 0 Å². The van der Waals surface area contributed by atoms with Gasteiger partial charge in [-0.25, -0.2) is 0 Å². The van der Waals surface area contributed by atoms with Crippen molar-refractivity contribution in [3.63, 3.8) is 0 Å². The molecule has 3 nitrogen and oxygen atoms in total. The molecule has 3 heteroatoms. The average molecular weight is 238 g/mol. The fraction of sp³-hybridized carbons (Fsp3) is 1.00. The summed E-state index contributed by atoms with van der Waals surface area (Å²) in [4.78, 5) is 2.77. The largest absolute Gasteiger partial charge is 0.380 e. The third-order valence-electron chi connectivity index (χ3n) is 5.08. The van der Waals surface area contributed by atoms with Crippen LogP contribution in [0.25, 0.3) is 0 Å². The maximum absolute atomic E-state index is 5.44. The van der Waals surface area contributed by atoms with Gasteiger partial charge < -0.3 is 10.1 Å². The van der Waals surface area contributed by atoms with E-state index in [1.807, 2.05) is 7.11 Å². The summed E-state index contributed by atoms with van der Waals surface area (Å²) in [5, 5.41) is 3.62. The lowest BCUT2D eigenvalue weighted by Gasteiger charge is -2.39. The molecule has 1 saturated carbocycles. The molecule has 0 bridgehead atoms. The monoisotopic (exact) mass is 238 g/mol. The van der Waals surface area contributed by atoms with E-state index < -0.39 is 0 Å². The quantitative estimate of drug-likeness (QED) is 0.809. The fourth-order valence-electron chi connectivity index (χ4n) is 4.17. The maximum Gasteiger partial charge on any atom is 0.0711 e. The number of rotatable bonds is 3. The predicted octanol–water partition coefficient (Wildman–Crippen LogP) is 1.63. The molecule has 4 atom stereocenters. The molecule has 0 amide bonds. The van der Waals surface area contributed by atoms with Crippen LogP contribution in [-0.4, -0.2) is 49.8 Å². The Kier molecular flexibility index (Phi) is 3.69. The van der Waals surface area contributed by atoms with Gasteiger partial charge in [0.1, 0.15) is 0 Å². The van der Waals surface area contributed by atoms with Crippen molar-refractivity contribution < 1.29 is 4.74 Å². The number of fused-ring (bicyclic) bond motifs is 1. The van der Waals surface area contributed by atoms with Crippen LogP contribution >= 0.6 is 0 Å². The third kappa shape index (κ3) is 2.51. The first kappa shape index (κ1) is 11.9. The lowest BCUT2D eigenvalue weighted by atomic mass is 9.91. The molecule has 2 heterocycles. The lowest BCUT2D eigenvalue weighted by molar-refractivity contribution is 0.0941. The summed E-state index contributed by atoms with van der Waals surface area (Å²) in [5.41, 5.74) is 0. The Hall–Kier alpha value is -0.120. The van der Waals surface area contributed by atoms with Crippen LogP contribution in [0.3, 0.4) is 0 Å². The molecule has 2 saturated heterocycles. The Morgan fingerprint density at radius 3 is 2.94 bits per heavy atom. The van der Waals surface area contributed by atoms with Gasteiger partial charge in [0, 0.05) is 32.3 Å². The molecular weight excluding hydrogens is 212 g/mol. The molecule has 2 aliphatic heterocycles. The van der Waals surface area contributed by atoms with E-state index >= 15 is 0 Å². The topological polar surface area (TPSA) is 24.5 Å². The van der Waals surface area contributed by atoms with E-state index in [2.05, 4.69) is 10.2 Å². The highest BCUT2D eigenvalue weighted by Crippen LogP contribution is 2.36. The zero-order chi connectivity index (χ0) is 11.7. The Bertz CT molecular complexity index is 259. The minimum atomic E-state index is 0.448. The van der Waals surface area contributed by atoms with Gasteiger partial charge in [-0.3, -0.25) is 4.90 Å². The molecule has 0 aromatic carbocycles. The Morgan fingerprint density at radius 1 is 1.24 bits per heavy atom. The van der Waals surface area contributed by atoms with Crippen LogP contribution in [0.2, 0.25) is 0 Å². The summed E-state index contributed by atoms with van der Waals surface area (Å²) in [6.07, 6.45) is 8.95. The smallest absolute Gasteiger partial charge is 0.0711 e. The molecule has 3 rings (SSSR count). The van der Waals surface area contributed by atoms with Crippen molar-refractivity contribution in [2.75, 3.05) is 26.7 Å². The molecule has 17 heavy (non-hydrogen) atoms. The zero-order valence-corrected chi connectivity index (χ0v) is 11.0. The summed E-state index contributed by atoms with van der Waals surface area (Å²) < 4.78 is 5.44. The van der Waals surface area contributed by atoms with E-state index in [1.54, 1.807) is 0 Å².